The topological polar surface area (TPSA) is 18.5 Å². The summed E-state index contributed by atoms with van der Waals surface area (Å²) < 4.78 is 37.4. The first-order chi connectivity index (χ1) is 12.2. The standard InChI is InChI=1S/C21H18F2O2/c1-24-21-13-16(8-11-19(21)23)12-17-4-2-3-5-20(17)25-14-15-6-9-18(22)10-7-15/h2-11,13H,12,14H2,1H3. The van der Waals surface area contributed by atoms with Gasteiger partial charge >= 0.3 is 0 Å². The molecule has 25 heavy (non-hydrogen) atoms. The average Bonchev–Trinajstić information content (AvgIpc) is 2.64. The second-order valence-corrected chi connectivity index (χ2v) is 5.67. The minimum Gasteiger partial charge on any atom is -0.494 e. The van der Waals surface area contributed by atoms with E-state index in [1.807, 2.05) is 24.3 Å². The number of halogens is 2. The fourth-order valence-electron chi connectivity index (χ4n) is 2.57. The van der Waals surface area contributed by atoms with Crippen molar-refractivity contribution in [1.29, 1.82) is 0 Å². The molecule has 0 fully saturated rings. The molecule has 3 rings (SSSR count). The number of benzene rings is 3. The van der Waals surface area contributed by atoms with E-state index in [9.17, 15) is 8.78 Å². The van der Waals surface area contributed by atoms with Crippen LogP contribution in [0.3, 0.4) is 0 Å². The third-order valence-electron chi connectivity index (χ3n) is 3.89. The Morgan fingerprint density at radius 2 is 1.52 bits per heavy atom. The molecule has 0 N–H and O–H groups in total. The number of para-hydroxylation sites is 1. The Morgan fingerprint density at radius 3 is 2.28 bits per heavy atom. The molecule has 0 aliphatic rings. The van der Waals surface area contributed by atoms with Crippen LogP contribution < -0.4 is 9.47 Å². The van der Waals surface area contributed by atoms with Crippen molar-refractivity contribution >= 4 is 0 Å². The van der Waals surface area contributed by atoms with E-state index in [4.69, 9.17) is 9.47 Å². The van der Waals surface area contributed by atoms with Gasteiger partial charge in [0, 0.05) is 6.42 Å². The fourth-order valence-corrected chi connectivity index (χ4v) is 2.57. The largest absolute Gasteiger partial charge is 0.494 e. The summed E-state index contributed by atoms with van der Waals surface area (Å²) >= 11 is 0. The van der Waals surface area contributed by atoms with E-state index < -0.39 is 0 Å². The summed E-state index contributed by atoms with van der Waals surface area (Å²) in [6.45, 7) is 0.351. The summed E-state index contributed by atoms with van der Waals surface area (Å²) in [5.74, 6) is 0.318. The second kappa shape index (κ2) is 7.79. The van der Waals surface area contributed by atoms with E-state index in [0.29, 0.717) is 13.0 Å². The van der Waals surface area contributed by atoms with Gasteiger partial charge in [-0.15, -0.1) is 0 Å². The van der Waals surface area contributed by atoms with E-state index in [1.165, 1.54) is 25.3 Å². The summed E-state index contributed by atoms with van der Waals surface area (Å²) in [5.41, 5.74) is 2.80. The summed E-state index contributed by atoms with van der Waals surface area (Å²) in [6, 6.07) is 18.7. The first-order valence-corrected chi connectivity index (χ1v) is 7.93. The van der Waals surface area contributed by atoms with Gasteiger partial charge in [0.05, 0.1) is 7.11 Å². The van der Waals surface area contributed by atoms with Crippen LogP contribution in [0.25, 0.3) is 0 Å². The zero-order valence-corrected chi connectivity index (χ0v) is 13.8. The highest BCUT2D eigenvalue weighted by atomic mass is 19.1. The summed E-state index contributed by atoms with van der Waals surface area (Å²) in [4.78, 5) is 0. The highest BCUT2D eigenvalue weighted by Crippen LogP contribution is 2.25. The van der Waals surface area contributed by atoms with Gasteiger partial charge in [-0.3, -0.25) is 0 Å². The van der Waals surface area contributed by atoms with Crippen LogP contribution in [0.1, 0.15) is 16.7 Å². The van der Waals surface area contributed by atoms with E-state index >= 15 is 0 Å². The number of rotatable bonds is 6. The molecule has 0 atom stereocenters. The van der Waals surface area contributed by atoms with Crippen LogP contribution in [0.5, 0.6) is 11.5 Å². The molecule has 3 aromatic carbocycles. The van der Waals surface area contributed by atoms with Crippen LogP contribution in [0, 0.1) is 11.6 Å². The van der Waals surface area contributed by atoms with E-state index in [2.05, 4.69) is 0 Å². The van der Waals surface area contributed by atoms with Gasteiger partial charge in [0.15, 0.2) is 11.6 Å². The molecule has 0 aromatic heterocycles. The molecule has 3 aromatic rings. The van der Waals surface area contributed by atoms with E-state index in [0.717, 1.165) is 22.4 Å². The Morgan fingerprint density at radius 1 is 0.800 bits per heavy atom. The maximum atomic E-state index is 13.5. The van der Waals surface area contributed by atoms with Gasteiger partial charge in [-0.05, 0) is 47.0 Å². The van der Waals surface area contributed by atoms with Gasteiger partial charge < -0.3 is 9.47 Å². The predicted octanol–water partition coefficient (Wildman–Crippen LogP) is 5.14. The average molecular weight is 340 g/mol. The van der Waals surface area contributed by atoms with E-state index in [-0.39, 0.29) is 17.4 Å². The molecule has 0 aliphatic carbocycles. The lowest BCUT2D eigenvalue weighted by Crippen LogP contribution is -2.00. The van der Waals surface area contributed by atoms with E-state index in [1.54, 1.807) is 24.3 Å². The van der Waals surface area contributed by atoms with Crippen molar-refractivity contribution in [3.8, 4) is 11.5 Å². The van der Waals surface area contributed by atoms with Crippen molar-refractivity contribution in [1.82, 2.24) is 0 Å². The first kappa shape index (κ1) is 17.0. The monoisotopic (exact) mass is 340 g/mol. The van der Waals surface area contributed by atoms with Crippen LogP contribution in [-0.4, -0.2) is 7.11 Å². The highest BCUT2D eigenvalue weighted by Gasteiger charge is 2.08. The minimum atomic E-state index is -0.382. The van der Waals surface area contributed by atoms with Crippen molar-refractivity contribution in [2.45, 2.75) is 13.0 Å². The lowest BCUT2D eigenvalue weighted by Gasteiger charge is -2.12. The molecule has 0 bridgehead atoms. The Balaban J connectivity index is 1.75. The van der Waals surface area contributed by atoms with Gasteiger partial charge in [-0.25, -0.2) is 8.78 Å². The molecule has 4 heteroatoms. The molecule has 0 aliphatic heterocycles. The van der Waals surface area contributed by atoms with Crippen LogP contribution in [0.2, 0.25) is 0 Å². The van der Waals surface area contributed by atoms with Crippen molar-refractivity contribution < 1.29 is 18.3 Å². The molecule has 0 spiro atoms. The minimum absolute atomic E-state index is 0.224. The molecule has 0 saturated heterocycles. The Labute approximate surface area is 145 Å². The van der Waals surface area contributed by atoms with Gasteiger partial charge in [0.1, 0.15) is 18.2 Å². The van der Waals surface area contributed by atoms with Crippen LogP contribution in [0.4, 0.5) is 8.78 Å². The fraction of sp³-hybridized carbons (Fsp3) is 0.143. The quantitative estimate of drug-likeness (QED) is 0.618. The number of methoxy groups -OCH3 is 1. The van der Waals surface area contributed by atoms with Crippen molar-refractivity contribution in [3.63, 3.8) is 0 Å². The Bertz CT molecular complexity index is 845. The van der Waals surface area contributed by atoms with Crippen LogP contribution >= 0.6 is 0 Å². The van der Waals surface area contributed by atoms with Crippen molar-refractivity contribution in [2.75, 3.05) is 7.11 Å². The molecular weight excluding hydrogens is 322 g/mol. The molecule has 0 unspecified atom stereocenters. The highest BCUT2D eigenvalue weighted by molar-refractivity contribution is 5.40. The molecule has 0 heterocycles. The molecule has 128 valence electrons. The number of hydrogen-bond acceptors (Lipinski definition) is 2. The zero-order chi connectivity index (χ0) is 17.6. The summed E-state index contributed by atoms with van der Waals surface area (Å²) in [6.07, 6.45) is 0.593. The Hall–Kier alpha value is -2.88. The number of hydrogen-bond donors (Lipinski definition) is 0. The van der Waals surface area contributed by atoms with Crippen molar-refractivity contribution in [3.05, 3.63) is 95.1 Å². The zero-order valence-electron chi connectivity index (χ0n) is 13.8. The molecule has 0 saturated carbocycles. The predicted molar refractivity (Wildman–Crippen MR) is 92.9 cm³/mol. The molecule has 2 nitrogen and oxygen atoms in total. The molecule has 0 radical (unpaired) electrons. The third-order valence-corrected chi connectivity index (χ3v) is 3.89. The van der Waals surface area contributed by atoms with Gasteiger partial charge in [-0.2, -0.15) is 0 Å². The normalized spacial score (nSPS) is 10.5. The molecule has 0 amide bonds. The van der Waals surface area contributed by atoms with Crippen molar-refractivity contribution in [2.24, 2.45) is 0 Å². The Kier molecular flexibility index (Phi) is 5.29. The van der Waals surface area contributed by atoms with Gasteiger partial charge in [0.25, 0.3) is 0 Å². The third kappa shape index (κ3) is 4.35. The maximum absolute atomic E-state index is 13.5. The lowest BCUT2D eigenvalue weighted by molar-refractivity contribution is 0.303. The first-order valence-electron chi connectivity index (χ1n) is 7.93. The summed E-state index contributed by atoms with van der Waals surface area (Å²) in [7, 11) is 1.45. The SMILES string of the molecule is COc1cc(Cc2ccccc2OCc2ccc(F)cc2)ccc1F. The smallest absolute Gasteiger partial charge is 0.165 e. The number of ether oxygens (including phenoxy) is 2. The maximum Gasteiger partial charge on any atom is 0.165 e. The van der Waals surface area contributed by atoms with Gasteiger partial charge in [-0.1, -0.05) is 36.4 Å². The molecular formula is C21H18F2O2. The summed E-state index contributed by atoms with van der Waals surface area (Å²) in [5, 5.41) is 0. The van der Waals surface area contributed by atoms with Gasteiger partial charge in [0.2, 0.25) is 0 Å². The second-order valence-electron chi connectivity index (χ2n) is 5.67. The van der Waals surface area contributed by atoms with Crippen LogP contribution in [0.15, 0.2) is 66.7 Å². The van der Waals surface area contributed by atoms with Crippen LogP contribution in [-0.2, 0) is 13.0 Å². The lowest BCUT2D eigenvalue weighted by atomic mass is 10.0.